The van der Waals surface area contributed by atoms with E-state index in [-0.39, 0.29) is 13.2 Å². The first-order chi connectivity index (χ1) is 7.74. The number of aliphatic hydroxyl groups is 2. The van der Waals surface area contributed by atoms with Gasteiger partial charge in [-0.2, -0.15) is 0 Å². The normalized spacial score (nSPS) is 10.6. The number of nitrogens with zero attached hydrogens (tertiary/aromatic N) is 2. The second-order valence-electron chi connectivity index (χ2n) is 3.48. The monoisotopic (exact) mass is 219 g/mol. The lowest BCUT2D eigenvalue weighted by molar-refractivity contribution is 0.277. The van der Waals surface area contributed by atoms with Gasteiger partial charge in [-0.1, -0.05) is 0 Å². The van der Waals surface area contributed by atoms with Crippen LogP contribution in [0, 0.1) is 0 Å². The Labute approximate surface area is 92.8 Å². The van der Waals surface area contributed by atoms with Gasteiger partial charge >= 0.3 is 0 Å². The van der Waals surface area contributed by atoms with Crippen molar-refractivity contribution >= 4 is 5.69 Å². The Morgan fingerprint density at radius 2 is 2.06 bits per heavy atom. The van der Waals surface area contributed by atoms with E-state index < -0.39 is 0 Å². The quantitative estimate of drug-likeness (QED) is 0.654. The van der Waals surface area contributed by atoms with Crippen molar-refractivity contribution < 1.29 is 10.2 Å². The SMILES string of the molecule is Nc1ccc(-n2cnc(CO)c2)c(CO)c1. The summed E-state index contributed by atoms with van der Waals surface area (Å²) in [7, 11) is 0. The number of anilines is 1. The minimum absolute atomic E-state index is 0.0903. The molecule has 0 spiro atoms. The van der Waals surface area contributed by atoms with Crippen molar-refractivity contribution in [1.29, 1.82) is 0 Å². The molecular formula is C11H13N3O2. The highest BCUT2D eigenvalue weighted by molar-refractivity contribution is 5.51. The molecule has 0 aliphatic rings. The van der Waals surface area contributed by atoms with Crippen molar-refractivity contribution in [2.75, 3.05) is 5.73 Å². The maximum absolute atomic E-state index is 9.23. The third-order valence-corrected chi connectivity index (χ3v) is 2.35. The van der Waals surface area contributed by atoms with Crippen molar-refractivity contribution in [3.63, 3.8) is 0 Å². The van der Waals surface area contributed by atoms with Gasteiger partial charge in [0, 0.05) is 17.4 Å². The summed E-state index contributed by atoms with van der Waals surface area (Å²) in [5.41, 5.74) is 8.36. The zero-order valence-electron chi connectivity index (χ0n) is 8.67. The van der Waals surface area contributed by atoms with Crippen molar-refractivity contribution in [2.45, 2.75) is 13.2 Å². The zero-order valence-corrected chi connectivity index (χ0v) is 8.67. The fourth-order valence-corrected chi connectivity index (χ4v) is 1.56. The predicted molar refractivity (Wildman–Crippen MR) is 59.8 cm³/mol. The molecule has 16 heavy (non-hydrogen) atoms. The van der Waals surface area contributed by atoms with Crippen molar-refractivity contribution in [1.82, 2.24) is 9.55 Å². The van der Waals surface area contributed by atoms with E-state index in [9.17, 15) is 5.11 Å². The summed E-state index contributed by atoms with van der Waals surface area (Å²) in [6.45, 7) is -0.191. The Hall–Kier alpha value is -1.85. The van der Waals surface area contributed by atoms with E-state index in [0.29, 0.717) is 11.4 Å². The van der Waals surface area contributed by atoms with Crippen LogP contribution in [0.15, 0.2) is 30.7 Å². The largest absolute Gasteiger partial charge is 0.399 e. The molecule has 84 valence electrons. The van der Waals surface area contributed by atoms with Gasteiger partial charge in [-0.3, -0.25) is 0 Å². The van der Waals surface area contributed by atoms with Gasteiger partial charge in [-0.05, 0) is 18.2 Å². The first-order valence-corrected chi connectivity index (χ1v) is 4.88. The van der Waals surface area contributed by atoms with Gasteiger partial charge in [-0.15, -0.1) is 0 Å². The third-order valence-electron chi connectivity index (χ3n) is 2.35. The molecule has 0 aliphatic heterocycles. The Balaban J connectivity index is 2.46. The van der Waals surface area contributed by atoms with Crippen molar-refractivity contribution in [2.24, 2.45) is 0 Å². The number of hydrogen-bond acceptors (Lipinski definition) is 4. The molecule has 1 aromatic heterocycles. The van der Waals surface area contributed by atoms with Crippen LogP contribution in [0.4, 0.5) is 5.69 Å². The molecule has 0 amide bonds. The number of nitrogen functional groups attached to an aromatic ring is 1. The van der Waals surface area contributed by atoms with Crippen LogP contribution in [0.5, 0.6) is 0 Å². The average molecular weight is 219 g/mol. The molecule has 1 aromatic carbocycles. The second-order valence-corrected chi connectivity index (χ2v) is 3.48. The Bertz CT molecular complexity index is 494. The van der Waals surface area contributed by atoms with Gasteiger partial charge < -0.3 is 20.5 Å². The summed E-state index contributed by atoms with van der Waals surface area (Å²) in [6, 6.07) is 5.28. The number of hydrogen-bond donors (Lipinski definition) is 3. The predicted octanol–water partition coefficient (Wildman–Crippen LogP) is 0.439. The van der Waals surface area contributed by atoms with Crippen molar-refractivity contribution in [3.8, 4) is 5.69 Å². The van der Waals surface area contributed by atoms with Crippen molar-refractivity contribution in [3.05, 3.63) is 42.0 Å². The maximum atomic E-state index is 9.23. The van der Waals surface area contributed by atoms with Gasteiger partial charge in [-0.25, -0.2) is 4.98 Å². The molecule has 1 heterocycles. The van der Waals surface area contributed by atoms with Crippen LogP contribution in [0.3, 0.4) is 0 Å². The molecule has 4 N–H and O–H groups in total. The molecule has 5 heteroatoms. The molecule has 0 radical (unpaired) electrons. The summed E-state index contributed by atoms with van der Waals surface area (Å²) >= 11 is 0. The van der Waals surface area contributed by atoms with Gasteiger partial charge in [0.2, 0.25) is 0 Å². The van der Waals surface area contributed by atoms with Crippen LogP contribution in [-0.4, -0.2) is 19.8 Å². The highest BCUT2D eigenvalue weighted by Crippen LogP contribution is 2.18. The van der Waals surface area contributed by atoms with Crippen LogP contribution < -0.4 is 5.73 Å². The van der Waals surface area contributed by atoms with Gasteiger partial charge in [0.05, 0.1) is 30.9 Å². The molecule has 0 bridgehead atoms. The number of aliphatic hydroxyl groups excluding tert-OH is 2. The molecule has 2 rings (SSSR count). The standard InChI is InChI=1S/C11H13N3O2/c12-9-1-2-11(8(3-9)5-15)14-4-10(6-16)13-7-14/h1-4,7,15-16H,5-6,12H2. The summed E-state index contributed by atoms with van der Waals surface area (Å²) in [5, 5.41) is 18.2. The van der Waals surface area contributed by atoms with E-state index in [0.717, 1.165) is 11.3 Å². The topological polar surface area (TPSA) is 84.3 Å². The van der Waals surface area contributed by atoms with Gasteiger partial charge in [0.1, 0.15) is 0 Å². The van der Waals surface area contributed by atoms with Gasteiger partial charge in [0.15, 0.2) is 0 Å². The van der Waals surface area contributed by atoms with E-state index in [4.69, 9.17) is 10.8 Å². The van der Waals surface area contributed by atoms with Crippen LogP contribution in [-0.2, 0) is 13.2 Å². The first-order valence-electron chi connectivity index (χ1n) is 4.88. The molecule has 0 fully saturated rings. The molecule has 2 aromatic rings. The van der Waals surface area contributed by atoms with Gasteiger partial charge in [0.25, 0.3) is 0 Å². The highest BCUT2D eigenvalue weighted by Gasteiger charge is 2.05. The summed E-state index contributed by atoms with van der Waals surface area (Å²) < 4.78 is 1.75. The number of nitrogens with two attached hydrogens (primary N) is 1. The fourth-order valence-electron chi connectivity index (χ4n) is 1.56. The molecule has 0 aliphatic carbocycles. The Morgan fingerprint density at radius 1 is 1.25 bits per heavy atom. The highest BCUT2D eigenvalue weighted by atomic mass is 16.3. The number of rotatable bonds is 3. The molecule has 0 saturated heterocycles. The minimum Gasteiger partial charge on any atom is -0.399 e. The number of aromatic nitrogens is 2. The van der Waals surface area contributed by atoms with E-state index in [1.165, 1.54) is 0 Å². The van der Waals surface area contributed by atoms with E-state index in [2.05, 4.69) is 4.98 Å². The Kier molecular flexibility index (Phi) is 2.89. The number of imidazole rings is 1. The molecule has 0 unspecified atom stereocenters. The van der Waals surface area contributed by atoms with Crippen LogP contribution in [0.25, 0.3) is 5.69 Å². The smallest absolute Gasteiger partial charge is 0.0996 e. The molecule has 5 nitrogen and oxygen atoms in total. The molecule has 0 saturated carbocycles. The average Bonchev–Trinajstić information content (AvgIpc) is 2.77. The zero-order chi connectivity index (χ0) is 11.5. The van der Waals surface area contributed by atoms with Crippen LogP contribution >= 0.6 is 0 Å². The number of benzene rings is 1. The van der Waals surface area contributed by atoms with E-state index >= 15 is 0 Å². The molecular weight excluding hydrogens is 206 g/mol. The Morgan fingerprint density at radius 3 is 2.69 bits per heavy atom. The summed E-state index contributed by atoms with van der Waals surface area (Å²) in [5.74, 6) is 0. The second kappa shape index (κ2) is 4.34. The van der Waals surface area contributed by atoms with Crippen LogP contribution in [0.2, 0.25) is 0 Å². The van der Waals surface area contributed by atoms with E-state index in [1.54, 1.807) is 29.2 Å². The first kappa shape index (κ1) is 10.7. The summed E-state index contributed by atoms with van der Waals surface area (Å²) in [6.07, 6.45) is 3.31. The minimum atomic E-state index is -0.101. The van der Waals surface area contributed by atoms with Crippen LogP contribution in [0.1, 0.15) is 11.3 Å². The lowest BCUT2D eigenvalue weighted by Crippen LogP contribution is -1.99. The third kappa shape index (κ3) is 1.91. The van der Waals surface area contributed by atoms with E-state index in [1.807, 2.05) is 6.07 Å². The maximum Gasteiger partial charge on any atom is 0.0996 e. The fraction of sp³-hybridized carbons (Fsp3) is 0.182. The molecule has 0 atom stereocenters. The lowest BCUT2D eigenvalue weighted by Gasteiger charge is -2.08. The lowest BCUT2D eigenvalue weighted by atomic mass is 10.1. The summed E-state index contributed by atoms with van der Waals surface area (Å²) in [4.78, 5) is 4.01.